The summed E-state index contributed by atoms with van der Waals surface area (Å²) in [5, 5.41) is 4.07. The first-order chi connectivity index (χ1) is 9.34. The van der Waals surface area contributed by atoms with Crippen molar-refractivity contribution in [1.82, 2.24) is 0 Å². The Bertz CT molecular complexity index is 565. The van der Waals surface area contributed by atoms with Crippen LogP contribution in [0.4, 0.5) is 5.69 Å². The molecule has 4 heteroatoms. The third-order valence-electron chi connectivity index (χ3n) is 3.18. The van der Waals surface area contributed by atoms with Crippen LogP contribution in [0.3, 0.4) is 0 Å². The highest BCUT2D eigenvalue weighted by Gasteiger charge is 2.21. The van der Waals surface area contributed by atoms with E-state index in [1.165, 1.54) is 4.90 Å². The van der Waals surface area contributed by atoms with E-state index in [9.17, 15) is 4.79 Å². The lowest BCUT2D eigenvalue weighted by atomic mass is 10.2. The Labute approximate surface area is 121 Å². The molecule has 19 heavy (non-hydrogen) atoms. The van der Waals surface area contributed by atoms with Crippen LogP contribution in [0.2, 0.25) is 0 Å². The zero-order chi connectivity index (χ0) is 13.1. The predicted molar refractivity (Wildman–Crippen MR) is 82.2 cm³/mol. The van der Waals surface area contributed by atoms with Gasteiger partial charge in [-0.1, -0.05) is 12.1 Å². The third-order valence-corrected chi connectivity index (χ3v) is 5.06. The number of hydrogen-bond donors (Lipinski definition) is 0. The second-order valence-electron chi connectivity index (χ2n) is 4.52. The summed E-state index contributed by atoms with van der Waals surface area (Å²) < 4.78 is 0. The van der Waals surface area contributed by atoms with E-state index in [1.807, 2.05) is 40.2 Å². The average Bonchev–Trinajstić information content (AvgIpc) is 2.83. The molecule has 1 amide bonds. The molecule has 0 radical (unpaired) electrons. The second kappa shape index (κ2) is 5.80. The Morgan fingerprint density at radius 1 is 1.26 bits per heavy atom. The first-order valence-electron chi connectivity index (χ1n) is 6.38. The van der Waals surface area contributed by atoms with Gasteiger partial charge in [0.2, 0.25) is 5.91 Å². The Balaban J connectivity index is 1.85. The monoisotopic (exact) mass is 289 g/mol. The van der Waals surface area contributed by atoms with Crippen LogP contribution in [0.15, 0.2) is 46.0 Å². The highest BCUT2D eigenvalue weighted by atomic mass is 32.2. The summed E-state index contributed by atoms with van der Waals surface area (Å²) in [6.45, 7) is 0.826. The van der Waals surface area contributed by atoms with Crippen LogP contribution in [-0.4, -0.2) is 18.2 Å². The molecular formula is C15H15NOS2. The molecular weight excluding hydrogens is 274 g/mol. The third kappa shape index (κ3) is 2.85. The van der Waals surface area contributed by atoms with Gasteiger partial charge in [0.25, 0.3) is 0 Å². The van der Waals surface area contributed by atoms with Crippen molar-refractivity contribution < 1.29 is 4.79 Å². The quantitative estimate of drug-likeness (QED) is 0.837. The molecule has 0 N–H and O–H groups in total. The Kier molecular flexibility index (Phi) is 3.89. The number of carbonyl (C=O) groups excluding carboxylic acids is 1. The van der Waals surface area contributed by atoms with Crippen molar-refractivity contribution in [3.8, 4) is 0 Å². The number of carbonyl (C=O) groups is 1. The topological polar surface area (TPSA) is 20.3 Å². The molecule has 0 atom stereocenters. The highest BCUT2D eigenvalue weighted by Crippen LogP contribution is 2.33. The van der Waals surface area contributed by atoms with Gasteiger partial charge in [0.15, 0.2) is 0 Å². The molecule has 0 fully saturated rings. The van der Waals surface area contributed by atoms with E-state index in [0.717, 1.165) is 30.0 Å². The number of anilines is 1. The zero-order valence-corrected chi connectivity index (χ0v) is 12.2. The van der Waals surface area contributed by atoms with Crippen molar-refractivity contribution in [2.45, 2.75) is 17.7 Å². The van der Waals surface area contributed by atoms with E-state index in [4.69, 9.17) is 0 Å². The fourth-order valence-electron chi connectivity index (χ4n) is 2.25. The minimum Gasteiger partial charge on any atom is -0.311 e. The summed E-state index contributed by atoms with van der Waals surface area (Å²) in [6.07, 6.45) is 1.55. The van der Waals surface area contributed by atoms with E-state index in [-0.39, 0.29) is 5.91 Å². The Hall–Kier alpha value is -1.26. The summed E-state index contributed by atoms with van der Waals surface area (Å²) in [7, 11) is 0. The first-order valence-corrected chi connectivity index (χ1v) is 8.31. The van der Waals surface area contributed by atoms with Gasteiger partial charge in [0.05, 0.1) is 12.1 Å². The van der Waals surface area contributed by atoms with Crippen LogP contribution < -0.4 is 4.90 Å². The molecule has 0 aliphatic carbocycles. The van der Waals surface area contributed by atoms with E-state index in [2.05, 4.69) is 17.5 Å². The van der Waals surface area contributed by atoms with Gasteiger partial charge in [-0.2, -0.15) is 11.3 Å². The SMILES string of the molecule is O=C(Cc1ccsc1)N1CCCSc2ccccc21. The molecule has 2 nitrogen and oxygen atoms in total. The predicted octanol–water partition coefficient (Wildman–Crippen LogP) is 3.82. The number of nitrogens with zero attached hydrogens (tertiary/aromatic N) is 1. The lowest BCUT2D eigenvalue weighted by Crippen LogP contribution is -2.33. The van der Waals surface area contributed by atoms with Gasteiger partial charge in [0.1, 0.15) is 0 Å². The number of para-hydroxylation sites is 1. The van der Waals surface area contributed by atoms with Gasteiger partial charge in [-0.25, -0.2) is 0 Å². The lowest BCUT2D eigenvalue weighted by Gasteiger charge is -2.22. The normalized spacial score (nSPS) is 14.8. The van der Waals surface area contributed by atoms with Crippen LogP contribution in [0.5, 0.6) is 0 Å². The summed E-state index contributed by atoms with van der Waals surface area (Å²) in [4.78, 5) is 15.7. The molecule has 1 aliphatic rings. The van der Waals surface area contributed by atoms with Crippen molar-refractivity contribution >= 4 is 34.7 Å². The summed E-state index contributed by atoms with van der Waals surface area (Å²) >= 11 is 3.49. The average molecular weight is 289 g/mol. The number of rotatable bonds is 2. The van der Waals surface area contributed by atoms with Crippen molar-refractivity contribution in [3.63, 3.8) is 0 Å². The maximum atomic E-state index is 12.5. The smallest absolute Gasteiger partial charge is 0.231 e. The molecule has 1 aromatic carbocycles. The maximum Gasteiger partial charge on any atom is 0.231 e. The van der Waals surface area contributed by atoms with Crippen molar-refractivity contribution in [2.24, 2.45) is 0 Å². The van der Waals surface area contributed by atoms with Crippen LogP contribution in [0.25, 0.3) is 0 Å². The summed E-state index contributed by atoms with van der Waals surface area (Å²) in [5.41, 5.74) is 2.19. The van der Waals surface area contributed by atoms with Crippen LogP contribution in [-0.2, 0) is 11.2 Å². The van der Waals surface area contributed by atoms with Gasteiger partial charge in [-0.15, -0.1) is 11.8 Å². The largest absolute Gasteiger partial charge is 0.311 e. The number of benzene rings is 1. The van der Waals surface area contributed by atoms with Crippen molar-refractivity contribution in [2.75, 3.05) is 17.2 Å². The fourth-order valence-corrected chi connectivity index (χ4v) is 3.91. The molecule has 0 saturated carbocycles. The molecule has 0 saturated heterocycles. The van der Waals surface area contributed by atoms with Crippen LogP contribution in [0, 0.1) is 0 Å². The van der Waals surface area contributed by atoms with Crippen molar-refractivity contribution in [1.29, 1.82) is 0 Å². The van der Waals surface area contributed by atoms with Gasteiger partial charge in [-0.3, -0.25) is 4.79 Å². The first kappa shape index (κ1) is 12.8. The molecule has 0 bridgehead atoms. The van der Waals surface area contributed by atoms with Crippen LogP contribution in [0.1, 0.15) is 12.0 Å². The van der Waals surface area contributed by atoms with Crippen LogP contribution >= 0.6 is 23.1 Å². The minimum absolute atomic E-state index is 0.202. The van der Waals surface area contributed by atoms with E-state index < -0.39 is 0 Å². The van der Waals surface area contributed by atoms with E-state index >= 15 is 0 Å². The van der Waals surface area contributed by atoms with Gasteiger partial charge in [-0.05, 0) is 46.7 Å². The number of hydrogen-bond acceptors (Lipinski definition) is 3. The molecule has 98 valence electrons. The Morgan fingerprint density at radius 2 is 2.16 bits per heavy atom. The number of fused-ring (bicyclic) bond motifs is 1. The number of amides is 1. The van der Waals surface area contributed by atoms with Gasteiger partial charge >= 0.3 is 0 Å². The lowest BCUT2D eigenvalue weighted by molar-refractivity contribution is -0.118. The molecule has 2 aromatic rings. The fraction of sp³-hybridized carbons (Fsp3) is 0.267. The summed E-state index contributed by atoms with van der Waals surface area (Å²) in [5.74, 6) is 1.28. The van der Waals surface area contributed by atoms with Gasteiger partial charge < -0.3 is 4.90 Å². The molecule has 3 rings (SSSR count). The summed E-state index contributed by atoms with van der Waals surface area (Å²) in [6, 6.07) is 10.2. The maximum absolute atomic E-state index is 12.5. The number of thioether (sulfide) groups is 1. The second-order valence-corrected chi connectivity index (χ2v) is 6.44. The zero-order valence-electron chi connectivity index (χ0n) is 10.5. The Morgan fingerprint density at radius 3 is 3.00 bits per heavy atom. The van der Waals surface area contributed by atoms with E-state index in [1.54, 1.807) is 11.3 Å². The molecule has 1 aliphatic heterocycles. The number of thiophene rings is 1. The minimum atomic E-state index is 0.202. The van der Waals surface area contributed by atoms with E-state index in [0.29, 0.717) is 6.42 Å². The van der Waals surface area contributed by atoms with Gasteiger partial charge in [0, 0.05) is 11.4 Å². The van der Waals surface area contributed by atoms with Crippen molar-refractivity contribution in [3.05, 3.63) is 46.7 Å². The highest BCUT2D eigenvalue weighted by molar-refractivity contribution is 7.99. The standard InChI is InChI=1S/C15H15NOS2/c17-15(10-12-6-9-18-11-12)16-7-3-8-19-14-5-2-1-4-13(14)16/h1-2,4-6,9,11H,3,7-8,10H2. The molecule has 0 spiro atoms. The molecule has 1 aromatic heterocycles. The molecule has 0 unspecified atom stereocenters. The molecule has 2 heterocycles.